The molecule has 2 rings (SSSR count). The number of hydrogen-bond acceptors (Lipinski definition) is 4. The number of nitrogens with one attached hydrogen (secondary N) is 2. The molecule has 0 aliphatic heterocycles. The van der Waals surface area contributed by atoms with Crippen LogP contribution in [0.25, 0.3) is 0 Å². The quantitative estimate of drug-likeness (QED) is 0.590. The molecule has 0 unspecified atom stereocenters. The lowest BCUT2D eigenvalue weighted by molar-refractivity contribution is 0.0847. The average Bonchev–Trinajstić information content (AvgIpc) is 2.52. The van der Waals surface area contributed by atoms with E-state index in [1.165, 1.54) is 0 Å². The molecular weight excluding hydrogens is 280 g/mol. The van der Waals surface area contributed by atoms with Gasteiger partial charge in [-0.05, 0) is 36.4 Å². The third-order valence-electron chi connectivity index (χ3n) is 3.14. The Bertz CT molecular complexity index is 681. The van der Waals surface area contributed by atoms with Crippen LogP contribution in [0.3, 0.4) is 0 Å². The van der Waals surface area contributed by atoms with Crippen molar-refractivity contribution in [1.29, 1.82) is 0 Å². The van der Waals surface area contributed by atoms with Crippen LogP contribution in [0.4, 0.5) is 11.4 Å². The van der Waals surface area contributed by atoms with Crippen molar-refractivity contribution < 1.29 is 9.59 Å². The highest BCUT2D eigenvalue weighted by Gasteiger charge is 2.11. The van der Waals surface area contributed by atoms with Crippen LogP contribution in [-0.2, 0) is 0 Å². The fraction of sp³-hybridized carbons (Fsp3) is 0.125. The number of nitrogen functional groups attached to an aromatic ring is 1. The summed E-state index contributed by atoms with van der Waals surface area (Å²) in [6.07, 6.45) is 0. The number of carbonyl (C=O) groups is 2. The van der Waals surface area contributed by atoms with Crippen molar-refractivity contribution in [2.45, 2.75) is 0 Å². The lowest BCUT2D eigenvalue weighted by atomic mass is 10.2. The van der Waals surface area contributed by atoms with Gasteiger partial charge in [0, 0.05) is 31.0 Å². The summed E-state index contributed by atoms with van der Waals surface area (Å²) in [4.78, 5) is 25.8. The summed E-state index contributed by atoms with van der Waals surface area (Å²) in [6.45, 7) is 0. The molecule has 0 saturated carbocycles. The Morgan fingerprint density at radius 3 is 2.09 bits per heavy atom. The van der Waals surface area contributed by atoms with E-state index in [4.69, 9.17) is 5.73 Å². The van der Waals surface area contributed by atoms with Crippen molar-refractivity contribution >= 4 is 23.2 Å². The molecule has 0 bridgehead atoms. The first kappa shape index (κ1) is 15.4. The molecule has 0 saturated heterocycles. The van der Waals surface area contributed by atoms with Gasteiger partial charge in [-0.3, -0.25) is 20.4 Å². The zero-order chi connectivity index (χ0) is 16.1. The number of hydrazine groups is 1. The van der Waals surface area contributed by atoms with E-state index in [9.17, 15) is 9.59 Å². The fourth-order valence-corrected chi connectivity index (χ4v) is 1.87. The summed E-state index contributed by atoms with van der Waals surface area (Å²) in [7, 11) is 3.83. The molecule has 0 spiro atoms. The van der Waals surface area contributed by atoms with E-state index in [0.29, 0.717) is 16.8 Å². The number of benzene rings is 2. The Morgan fingerprint density at radius 2 is 1.50 bits per heavy atom. The Morgan fingerprint density at radius 1 is 0.909 bits per heavy atom. The Balaban J connectivity index is 1.98. The van der Waals surface area contributed by atoms with Crippen molar-refractivity contribution in [3.8, 4) is 0 Å². The molecule has 4 N–H and O–H groups in total. The van der Waals surface area contributed by atoms with Crippen LogP contribution in [0.5, 0.6) is 0 Å². The lowest BCUT2D eigenvalue weighted by Gasteiger charge is -2.13. The smallest absolute Gasteiger partial charge is 0.271 e. The van der Waals surface area contributed by atoms with E-state index in [1.807, 2.05) is 31.1 Å². The highest BCUT2D eigenvalue weighted by Crippen LogP contribution is 2.12. The largest absolute Gasteiger partial charge is 0.398 e. The Labute approximate surface area is 128 Å². The van der Waals surface area contributed by atoms with Gasteiger partial charge in [-0.25, -0.2) is 0 Å². The Kier molecular flexibility index (Phi) is 4.63. The van der Waals surface area contributed by atoms with Crippen LogP contribution in [0, 0.1) is 0 Å². The molecule has 0 aromatic heterocycles. The second-order valence-electron chi connectivity index (χ2n) is 4.94. The number of carbonyl (C=O) groups excluding carboxylic acids is 2. The average molecular weight is 298 g/mol. The summed E-state index contributed by atoms with van der Waals surface area (Å²) in [5, 5.41) is 0. The number of anilines is 2. The molecule has 22 heavy (non-hydrogen) atoms. The van der Waals surface area contributed by atoms with Crippen molar-refractivity contribution in [2.75, 3.05) is 24.7 Å². The minimum atomic E-state index is -0.462. The first-order chi connectivity index (χ1) is 10.5. The fourth-order valence-electron chi connectivity index (χ4n) is 1.87. The molecule has 0 aliphatic rings. The SMILES string of the molecule is CN(C)c1ccc(C(=O)NNC(=O)c2ccccc2N)cc1. The molecule has 2 aromatic rings. The number of nitrogens with two attached hydrogens (primary N) is 1. The second-order valence-corrected chi connectivity index (χ2v) is 4.94. The number of amides is 2. The summed E-state index contributed by atoms with van der Waals surface area (Å²) in [5.41, 5.74) is 12.5. The highest BCUT2D eigenvalue weighted by atomic mass is 16.2. The lowest BCUT2D eigenvalue weighted by Crippen LogP contribution is -2.41. The summed E-state index contributed by atoms with van der Waals surface area (Å²) < 4.78 is 0. The van der Waals surface area contributed by atoms with Gasteiger partial charge in [-0.1, -0.05) is 12.1 Å². The minimum Gasteiger partial charge on any atom is -0.398 e. The molecule has 114 valence electrons. The highest BCUT2D eigenvalue weighted by molar-refractivity contribution is 6.01. The predicted octanol–water partition coefficient (Wildman–Crippen LogP) is 1.41. The standard InChI is InChI=1S/C16H18N4O2/c1-20(2)12-9-7-11(8-10-12)15(21)18-19-16(22)13-5-3-4-6-14(13)17/h3-10H,17H2,1-2H3,(H,18,21)(H,19,22). The molecule has 6 nitrogen and oxygen atoms in total. The van der Waals surface area contributed by atoms with Gasteiger partial charge in [0.1, 0.15) is 0 Å². The maximum atomic E-state index is 12.0. The van der Waals surface area contributed by atoms with Crippen LogP contribution < -0.4 is 21.5 Å². The van der Waals surface area contributed by atoms with Crippen molar-refractivity contribution in [3.05, 3.63) is 59.7 Å². The van der Waals surface area contributed by atoms with Crippen molar-refractivity contribution in [3.63, 3.8) is 0 Å². The van der Waals surface area contributed by atoms with E-state index in [0.717, 1.165) is 5.69 Å². The van der Waals surface area contributed by atoms with Crippen LogP contribution in [0.2, 0.25) is 0 Å². The van der Waals surface area contributed by atoms with Gasteiger partial charge in [-0.2, -0.15) is 0 Å². The maximum Gasteiger partial charge on any atom is 0.271 e. The van der Waals surface area contributed by atoms with Crippen molar-refractivity contribution in [1.82, 2.24) is 10.9 Å². The minimum absolute atomic E-state index is 0.311. The number of hydrogen-bond donors (Lipinski definition) is 3. The number of para-hydroxylation sites is 1. The van der Waals surface area contributed by atoms with Crippen LogP contribution in [0.1, 0.15) is 20.7 Å². The van der Waals surface area contributed by atoms with E-state index >= 15 is 0 Å². The second kappa shape index (κ2) is 6.62. The first-order valence-electron chi connectivity index (χ1n) is 6.71. The van der Waals surface area contributed by atoms with Crippen LogP contribution in [0.15, 0.2) is 48.5 Å². The van der Waals surface area contributed by atoms with E-state index < -0.39 is 11.8 Å². The van der Waals surface area contributed by atoms with Crippen LogP contribution >= 0.6 is 0 Å². The Hall–Kier alpha value is -3.02. The van der Waals surface area contributed by atoms with E-state index in [2.05, 4.69) is 10.9 Å². The number of nitrogens with zero attached hydrogens (tertiary/aromatic N) is 1. The third kappa shape index (κ3) is 3.54. The van der Waals surface area contributed by atoms with Gasteiger partial charge in [0.2, 0.25) is 0 Å². The summed E-state index contributed by atoms with van der Waals surface area (Å²) in [6, 6.07) is 13.7. The molecule has 0 aliphatic carbocycles. The van der Waals surface area contributed by atoms with E-state index in [-0.39, 0.29) is 0 Å². The molecule has 0 atom stereocenters. The normalized spacial score (nSPS) is 9.91. The molecule has 0 radical (unpaired) electrons. The van der Waals surface area contributed by atoms with Gasteiger partial charge >= 0.3 is 0 Å². The molecule has 0 fully saturated rings. The van der Waals surface area contributed by atoms with Gasteiger partial charge in [-0.15, -0.1) is 0 Å². The maximum absolute atomic E-state index is 12.0. The summed E-state index contributed by atoms with van der Waals surface area (Å²) in [5.74, 6) is -0.857. The van der Waals surface area contributed by atoms with Gasteiger partial charge in [0.15, 0.2) is 0 Å². The van der Waals surface area contributed by atoms with Gasteiger partial charge in [0.25, 0.3) is 11.8 Å². The third-order valence-corrected chi connectivity index (χ3v) is 3.14. The molecule has 2 amide bonds. The van der Waals surface area contributed by atoms with Crippen LogP contribution in [-0.4, -0.2) is 25.9 Å². The predicted molar refractivity (Wildman–Crippen MR) is 86.6 cm³/mol. The van der Waals surface area contributed by atoms with Crippen molar-refractivity contribution in [2.24, 2.45) is 0 Å². The van der Waals surface area contributed by atoms with Gasteiger partial charge < -0.3 is 10.6 Å². The first-order valence-corrected chi connectivity index (χ1v) is 6.71. The van der Waals surface area contributed by atoms with E-state index in [1.54, 1.807) is 36.4 Å². The summed E-state index contributed by atoms with van der Waals surface area (Å²) >= 11 is 0. The topological polar surface area (TPSA) is 87.5 Å². The van der Waals surface area contributed by atoms with Gasteiger partial charge in [0.05, 0.1) is 5.56 Å². The molecule has 0 heterocycles. The zero-order valence-electron chi connectivity index (χ0n) is 12.5. The molecule has 6 heteroatoms. The number of rotatable bonds is 3. The monoisotopic (exact) mass is 298 g/mol. The molecule has 2 aromatic carbocycles. The molecular formula is C16H18N4O2. The zero-order valence-corrected chi connectivity index (χ0v) is 12.5.